The Labute approximate surface area is 90.0 Å². The molecule has 3 rings (SSSR count). The van der Waals surface area contributed by atoms with Crippen LogP contribution in [0.3, 0.4) is 0 Å². The molecule has 15 heavy (non-hydrogen) atoms. The number of likely N-dealkylation sites (tertiary alicyclic amines) is 1. The number of aromatic nitrogens is 2. The number of nitrogens with zero attached hydrogens (tertiary/aromatic N) is 2. The van der Waals surface area contributed by atoms with E-state index < -0.39 is 0 Å². The van der Waals surface area contributed by atoms with Crippen LogP contribution in [0, 0.1) is 0 Å². The maximum atomic E-state index is 4.41. The van der Waals surface area contributed by atoms with Gasteiger partial charge in [-0.25, -0.2) is 0 Å². The molecule has 0 spiro atoms. The first-order valence-electron chi connectivity index (χ1n) is 5.91. The molecule has 2 aliphatic heterocycles. The van der Waals surface area contributed by atoms with Crippen LogP contribution < -0.4 is 5.32 Å². The van der Waals surface area contributed by atoms with E-state index in [1.54, 1.807) is 0 Å². The first kappa shape index (κ1) is 9.36. The van der Waals surface area contributed by atoms with Crippen molar-refractivity contribution in [3.05, 3.63) is 17.0 Å². The molecule has 0 aromatic carbocycles. The highest BCUT2D eigenvalue weighted by molar-refractivity contribution is 5.28. The predicted octanol–water partition coefficient (Wildman–Crippen LogP) is 0.651. The van der Waals surface area contributed by atoms with Crippen molar-refractivity contribution in [1.29, 1.82) is 0 Å². The fourth-order valence-electron chi connectivity index (χ4n) is 2.59. The van der Waals surface area contributed by atoms with Crippen molar-refractivity contribution in [1.82, 2.24) is 20.4 Å². The Morgan fingerprint density at radius 3 is 2.93 bits per heavy atom. The standard InChI is InChI=1S/C11H18N4/c1-2-5-15(4-1)6-3-10-9-7-12-8-11(9)14-13-10/h12H,1-8H2,(H,13,14). The number of nitrogens with one attached hydrogen (secondary N) is 2. The van der Waals surface area contributed by atoms with Gasteiger partial charge in [-0.15, -0.1) is 0 Å². The van der Waals surface area contributed by atoms with E-state index in [0.717, 1.165) is 19.5 Å². The van der Waals surface area contributed by atoms with Crippen LogP contribution in [0.4, 0.5) is 0 Å². The minimum absolute atomic E-state index is 0.964. The van der Waals surface area contributed by atoms with Gasteiger partial charge in [0, 0.05) is 31.6 Å². The van der Waals surface area contributed by atoms with Crippen LogP contribution >= 0.6 is 0 Å². The second-order valence-corrected chi connectivity index (χ2v) is 4.53. The Morgan fingerprint density at radius 2 is 2.07 bits per heavy atom. The summed E-state index contributed by atoms with van der Waals surface area (Å²) in [5.74, 6) is 0. The molecule has 3 heterocycles. The van der Waals surface area contributed by atoms with E-state index in [0.29, 0.717) is 0 Å². The van der Waals surface area contributed by atoms with Crippen LogP contribution in [0.5, 0.6) is 0 Å². The van der Waals surface area contributed by atoms with Gasteiger partial charge in [0.25, 0.3) is 0 Å². The summed E-state index contributed by atoms with van der Waals surface area (Å²) in [5.41, 5.74) is 4.00. The second kappa shape index (κ2) is 3.94. The summed E-state index contributed by atoms with van der Waals surface area (Å²) in [6.07, 6.45) is 3.86. The largest absolute Gasteiger partial charge is 0.307 e. The number of hydrogen-bond acceptors (Lipinski definition) is 3. The normalized spacial score (nSPS) is 21.1. The van der Waals surface area contributed by atoms with Gasteiger partial charge in [-0.2, -0.15) is 5.10 Å². The van der Waals surface area contributed by atoms with Gasteiger partial charge in [-0.3, -0.25) is 5.10 Å². The summed E-state index contributed by atoms with van der Waals surface area (Å²) in [6.45, 7) is 5.71. The fraction of sp³-hybridized carbons (Fsp3) is 0.727. The van der Waals surface area contributed by atoms with E-state index in [9.17, 15) is 0 Å². The molecular weight excluding hydrogens is 188 g/mol. The highest BCUT2D eigenvalue weighted by Gasteiger charge is 2.19. The molecule has 4 nitrogen and oxygen atoms in total. The zero-order valence-corrected chi connectivity index (χ0v) is 9.05. The monoisotopic (exact) mass is 206 g/mol. The van der Waals surface area contributed by atoms with Crippen molar-refractivity contribution >= 4 is 0 Å². The molecular formula is C11H18N4. The maximum absolute atomic E-state index is 4.41. The maximum Gasteiger partial charge on any atom is 0.0683 e. The lowest BCUT2D eigenvalue weighted by Crippen LogP contribution is -2.22. The van der Waals surface area contributed by atoms with Gasteiger partial charge in [0.05, 0.1) is 11.4 Å². The van der Waals surface area contributed by atoms with Gasteiger partial charge in [0.2, 0.25) is 0 Å². The molecule has 0 aliphatic carbocycles. The first-order valence-corrected chi connectivity index (χ1v) is 5.91. The van der Waals surface area contributed by atoms with E-state index in [1.165, 1.54) is 49.4 Å². The summed E-state index contributed by atoms with van der Waals surface area (Å²) < 4.78 is 0. The SMILES string of the molecule is C1CCN(CCc2n[nH]c3c2CNC3)C1. The van der Waals surface area contributed by atoms with Crippen molar-refractivity contribution in [2.24, 2.45) is 0 Å². The summed E-state index contributed by atoms with van der Waals surface area (Å²) in [5, 5.41) is 10.9. The summed E-state index contributed by atoms with van der Waals surface area (Å²) in [7, 11) is 0. The predicted molar refractivity (Wildman–Crippen MR) is 58.5 cm³/mol. The number of H-pyrrole nitrogens is 1. The van der Waals surface area contributed by atoms with Gasteiger partial charge in [-0.05, 0) is 25.9 Å². The molecule has 82 valence electrons. The van der Waals surface area contributed by atoms with Crippen molar-refractivity contribution < 1.29 is 0 Å². The Morgan fingerprint density at radius 1 is 1.20 bits per heavy atom. The highest BCUT2D eigenvalue weighted by atomic mass is 15.2. The third-order valence-corrected chi connectivity index (χ3v) is 3.51. The molecule has 1 fully saturated rings. The van der Waals surface area contributed by atoms with Crippen LogP contribution in [0.25, 0.3) is 0 Å². The zero-order valence-electron chi connectivity index (χ0n) is 9.05. The number of hydrogen-bond donors (Lipinski definition) is 2. The molecule has 2 N–H and O–H groups in total. The van der Waals surface area contributed by atoms with Crippen LogP contribution in [-0.4, -0.2) is 34.7 Å². The van der Waals surface area contributed by atoms with E-state index in [-0.39, 0.29) is 0 Å². The van der Waals surface area contributed by atoms with Crippen LogP contribution in [0.15, 0.2) is 0 Å². The van der Waals surface area contributed by atoms with Gasteiger partial charge >= 0.3 is 0 Å². The van der Waals surface area contributed by atoms with E-state index in [1.807, 2.05) is 0 Å². The van der Waals surface area contributed by atoms with Crippen molar-refractivity contribution in [3.8, 4) is 0 Å². The molecule has 1 aromatic rings. The van der Waals surface area contributed by atoms with E-state index in [4.69, 9.17) is 0 Å². The average molecular weight is 206 g/mol. The Hall–Kier alpha value is -0.870. The molecule has 2 aliphatic rings. The number of rotatable bonds is 3. The van der Waals surface area contributed by atoms with Gasteiger partial charge in [0.15, 0.2) is 0 Å². The molecule has 1 saturated heterocycles. The third-order valence-electron chi connectivity index (χ3n) is 3.51. The Bertz CT molecular complexity index is 338. The molecule has 0 amide bonds. The molecule has 0 bridgehead atoms. The molecule has 0 atom stereocenters. The van der Waals surface area contributed by atoms with E-state index >= 15 is 0 Å². The number of aromatic amines is 1. The molecule has 0 radical (unpaired) electrons. The smallest absolute Gasteiger partial charge is 0.0683 e. The van der Waals surface area contributed by atoms with Crippen LogP contribution in [-0.2, 0) is 19.5 Å². The van der Waals surface area contributed by atoms with Crippen LogP contribution in [0.2, 0.25) is 0 Å². The molecule has 1 aromatic heterocycles. The third kappa shape index (κ3) is 1.79. The summed E-state index contributed by atoms with van der Waals surface area (Å²) in [6, 6.07) is 0. The minimum atomic E-state index is 0.964. The van der Waals surface area contributed by atoms with Crippen molar-refractivity contribution in [3.63, 3.8) is 0 Å². The minimum Gasteiger partial charge on any atom is -0.307 e. The lowest BCUT2D eigenvalue weighted by atomic mass is 10.1. The Balaban J connectivity index is 1.61. The van der Waals surface area contributed by atoms with E-state index in [2.05, 4.69) is 20.4 Å². The lowest BCUT2D eigenvalue weighted by Gasteiger charge is -2.13. The van der Waals surface area contributed by atoms with Crippen LogP contribution in [0.1, 0.15) is 29.8 Å². The van der Waals surface area contributed by atoms with Gasteiger partial charge in [-0.1, -0.05) is 0 Å². The summed E-state index contributed by atoms with van der Waals surface area (Å²) in [4.78, 5) is 2.55. The zero-order chi connectivity index (χ0) is 10.1. The Kier molecular flexibility index (Phi) is 2.46. The van der Waals surface area contributed by atoms with Gasteiger partial charge in [0.1, 0.15) is 0 Å². The summed E-state index contributed by atoms with van der Waals surface area (Å²) >= 11 is 0. The topological polar surface area (TPSA) is 44.0 Å². The molecule has 0 unspecified atom stereocenters. The highest BCUT2D eigenvalue weighted by Crippen LogP contribution is 2.17. The first-order chi connectivity index (χ1) is 7.43. The quantitative estimate of drug-likeness (QED) is 0.763. The van der Waals surface area contributed by atoms with Crippen molar-refractivity contribution in [2.75, 3.05) is 19.6 Å². The lowest BCUT2D eigenvalue weighted by molar-refractivity contribution is 0.342. The van der Waals surface area contributed by atoms with Crippen molar-refractivity contribution in [2.45, 2.75) is 32.4 Å². The molecule has 4 heteroatoms. The average Bonchev–Trinajstić information content (AvgIpc) is 2.93. The molecule has 0 saturated carbocycles. The number of fused-ring (bicyclic) bond motifs is 1. The fourth-order valence-corrected chi connectivity index (χ4v) is 2.59. The second-order valence-electron chi connectivity index (χ2n) is 4.53. The van der Waals surface area contributed by atoms with Gasteiger partial charge < -0.3 is 10.2 Å².